The lowest BCUT2D eigenvalue weighted by atomic mass is 10.1. The molecule has 0 fully saturated rings. The molecule has 11 heteroatoms. The molecule has 0 heterocycles. The minimum atomic E-state index is -3.77. The van der Waals surface area contributed by atoms with Crippen LogP contribution in [0.25, 0.3) is 0 Å². The summed E-state index contributed by atoms with van der Waals surface area (Å²) in [5, 5.41) is 13.6. The number of amides is 1. The Kier molecular flexibility index (Phi) is 7.83. The molecule has 166 valence electrons. The Morgan fingerprint density at radius 2 is 1.74 bits per heavy atom. The number of sulfonamides is 1. The number of benzene rings is 2. The molecule has 0 atom stereocenters. The van der Waals surface area contributed by atoms with E-state index in [4.69, 9.17) is 4.74 Å². The zero-order valence-electron chi connectivity index (χ0n) is 17.3. The van der Waals surface area contributed by atoms with Crippen LogP contribution in [0.15, 0.2) is 41.3 Å². The second-order valence-electron chi connectivity index (χ2n) is 6.67. The Hall–Kier alpha value is -3.31. The molecule has 0 aliphatic rings. The van der Waals surface area contributed by atoms with Gasteiger partial charge in [-0.25, -0.2) is 17.9 Å². The van der Waals surface area contributed by atoms with Gasteiger partial charge in [0.2, 0.25) is 10.0 Å². The lowest BCUT2D eigenvalue weighted by molar-refractivity contribution is -0.384. The Morgan fingerprint density at radius 3 is 2.39 bits per heavy atom. The van der Waals surface area contributed by atoms with Crippen molar-refractivity contribution in [2.75, 3.05) is 19.7 Å². The molecule has 0 saturated heterocycles. The number of nitro benzene ring substituents is 1. The van der Waals surface area contributed by atoms with Crippen LogP contribution >= 0.6 is 0 Å². The van der Waals surface area contributed by atoms with Crippen molar-refractivity contribution in [2.24, 2.45) is 0 Å². The number of esters is 1. The van der Waals surface area contributed by atoms with Crippen LogP contribution in [0.4, 0.5) is 5.69 Å². The first-order valence-electron chi connectivity index (χ1n) is 9.37. The summed E-state index contributed by atoms with van der Waals surface area (Å²) in [5.41, 5.74) is 0.699. The maximum Gasteiger partial charge on any atom is 0.338 e. The third-order valence-electron chi connectivity index (χ3n) is 4.24. The molecule has 0 saturated carbocycles. The van der Waals surface area contributed by atoms with Crippen LogP contribution in [0.3, 0.4) is 0 Å². The van der Waals surface area contributed by atoms with E-state index in [1.54, 1.807) is 39.0 Å². The first-order chi connectivity index (χ1) is 14.5. The summed E-state index contributed by atoms with van der Waals surface area (Å²) in [6, 6.07) is 8.29. The number of hydrogen-bond donors (Lipinski definition) is 2. The summed E-state index contributed by atoms with van der Waals surface area (Å²) in [7, 11) is -3.77. The van der Waals surface area contributed by atoms with Crippen molar-refractivity contribution >= 4 is 27.6 Å². The summed E-state index contributed by atoms with van der Waals surface area (Å²) in [4.78, 5) is 34.8. The molecule has 10 nitrogen and oxygen atoms in total. The molecular formula is C20H23N3O7S. The molecule has 2 N–H and O–H groups in total. The summed E-state index contributed by atoms with van der Waals surface area (Å²) in [6.07, 6.45) is 0. The maximum absolute atomic E-state index is 12.5. The average molecular weight is 449 g/mol. The van der Waals surface area contributed by atoms with Gasteiger partial charge in [-0.15, -0.1) is 0 Å². The Bertz CT molecular complexity index is 1110. The fraction of sp³-hybridized carbons (Fsp3) is 0.300. The Labute approximate surface area is 179 Å². The van der Waals surface area contributed by atoms with Crippen LogP contribution in [-0.2, 0) is 14.8 Å². The zero-order chi connectivity index (χ0) is 23.2. The maximum atomic E-state index is 12.5. The number of rotatable bonds is 9. The van der Waals surface area contributed by atoms with Gasteiger partial charge in [0.25, 0.3) is 11.6 Å². The number of nitro groups is 1. The number of nitrogens with one attached hydrogen (secondary N) is 2. The van der Waals surface area contributed by atoms with Crippen LogP contribution < -0.4 is 10.0 Å². The van der Waals surface area contributed by atoms with E-state index < -0.39 is 32.5 Å². The molecule has 31 heavy (non-hydrogen) atoms. The molecule has 0 unspecified atom stereocenters. The third kappa shape index (κ3) is 6.33. The molecule has 2 rings (SSSR count). The summed E-state index contributed by atoms with van der Waals surface area (Å²) in [5.74, 6) is -1.48. The summed E-state index contributed by atoms with van der Waals surface area (Å²) < 4.78 is 32.2. The van der Waals surface area contributed by atoms with Crippen molar-refractivity contribution < 1.29 is 27.7 Å². The molecule has 0 radical (unpaired) electrons. The predicted molar refractivity (Wildman–Crippen MR) is 112 cm³/mol. The molecular weight excluding hydrogens is 426 g/mol. The summed E-state index contributed by atoms with van der Waals surface area (Å²) in [6.45, 7) is 4.95. The average Bonchev–Trinajstić information content (AvgIpc) is 2.72. The SMILES string of the molecule is CCOC(=O)c1cc(C(=O)NCCNS(=O)(=O)c2cc(C)ccc2C)cc([N+](=O)[O-])c1. The minimum absolute atomic E-state index is 0.0691. The van der Waals surface area contributed by atoms with Crippen LogP contribution in [0, 0.1) is 24.0 Å². The smallest absolute Gasteiger partial charge is 0.338 e. The van der Waals surface area contributed by atoms with Crippen LogP contribution in [0.1, 0.15) is 38.8 Å². The Balaban J connectivity index is 2.06. The van der Waals surface area contributed by atoms with Gasteiger partial charge in [-0.05, 0) is 44.0 Å². The molecule has 1 amide bonds. The second-order valence-corrected chi connectivity index (χ2v) is 8.40. The van der Waals surface area contributed by atoms with E-state index in [0.717, 1.165) is 17.7 Å². The summed E-state index contributed by atoms with van der Waals surface area (Å²) >= 11 is 0. The number of ether oxygens (including phenoxy) is 1. The van der Waals surface area contributed by atoms with Crippen molar-refractivity contribution in [2.45, 2.75) is 25.7 Å². The first kappa shape index (κ1) is 24.0. The highest BCUT2D eigenvalue weighted by atomic mass is 32.2. The molecule has 0 aromatic heterocycles. The van der Waals surface area contributed by atoms with Gasteiger partial charge in [0.1, 0.15) is 0 Å². The number of aryl methyl sites for hydroxylation is 2. The lowest BCUT2D eigenvalue weighted by Crippen LogP contribution is -2.35. The standard InChI is InChI=1S/C20H23N3O7S/c1-4-30-20(25)16-10-15(11-17(12-16)23(26)27)19(24)21-7-8-22-31(28,29)18-9-13(2)5-6-14(18)3/h5-6,9-12,22H,4,7-8H2,1-3H3,(H,21,24). The number of non-ortho nitro benzene ring substituents is 1. The monoisotopic (exact) mass is 449 g/mol. The van der Waals surface area contributed by atoms with Crippen LogP contribution in [0.2, 0.25) is 0 Å². The van der Waals surface area contributed by atoms with Crippen molar-refractivity contribution in [3.63, 3.8) is 0 Å². The molecule has 2 aromatic carbocycles. The largest absolute Gasteiger partial charge is 0.462 e. The molecule has 2 aromatic rings. The minimum Gasteiger partial charge on any atom is -0.462 e. The van der Waals surface area contributed by atoms with Crippen molar-refractivity contribution in [1.82, 2.24) is 10.0 Å². The van der Waals surface area contributed by atoms with E-state index in [1.165, 1.54) is 6.07 Å². The number of nitrogens with zero attached hydrogens (tertiary/aromatic N) is 1. The van der Waals surface area contributed by atoms with Gasteiger partial charge in [0.15, 0.2) is 0 Å². The highest BCUT2D eigenvalue weighted by Crippen LogP contribution is 2.19. The number of carbonyl (C=O) groups is 2. The van der Waals surface area contributed by atoms with Gasteiger partial charge >= 0.3 is 5.97 Å². The fourth-order valence-corrected chi connectivity index (χ4v) is 4.08. The van der Waals surface area contributed by atoms with Crippen molar-refractivity contribution in [3.8, 4) is 0 Å². The van der Waals surface area contributed by atoms with E-state index in [0.29, 0.717) is 5.56 Å². The van der Waals surface area contributed by atoms with E-state index in [2.05, 4.69) is 10.0 Å². The highest BCUT2D eigenvalue weighted by molar-refractivity contribution is 7.89. The van der Waals surface area contributed by atoms with Gasteiger partial charge in [-0.2, -0.15) is 0 Å². The van der Waals surface area contributed by atoms with Gasteiger partial charge in [-0.3, -0.25) is 14.9 Å². The normalized spacial score (nSPS) is 11.1. The quantitative estimate of drug-likeness (QED) is 0.258. The Morgan fingerprint density at radius 1 is 1.06 bits per heavy atom. The van der Waals surface area contributed by atoms with Crippen molar-refractivity contribution in [3.05, 3.63) is 68.8 Å². The number of carbonyl (C=O) groups excluding carboxylic acids is 2. The fourth-order valence-electron chi connectivity index (χ4n) is 2.72. The molecule has 0 spiro atoms. The van der Waals surface area contributed by atoms with E-state index in [-0.39, 0.29) is 35.7 Å². The van der Waals surface area contributed by atoms with E-state index >= 15 is 0 Å². The predicted octanol–water partition coefficient (Wildman–Crippen LogP) is 2.10. The first-order valence-corrected chi connectivity index (χ1v) is 10.8. The molecule has 0 aliphatic carbocycles. The van der Waals surface area contributed by atoms with Crippen LogP contribution in [-0.4, -0.2) is 44.9 Å². The molecule has 0 aliphatic heterocycles. The van der Waals surface area contributed by atoms with Crippen LogP contribution in [0.5, 0.6) is 0 Å². The molecule has 0 bridgehead atoms. The topological polar surface area (TPSA) is 145 Å². The third-order valence-corrected chi connectivity index (χ3v) is 5.84. The van der Waals surface area contributed by atoms with Gasteiger partial charge in [0.05, 0.1) is 22.0 Å². The number of hydrogen-bond acceptors (Lipinski definition) is 7. The highest BCUT2D eigenvalue weighted by Gasteiger charge is 2.19. The van der Waals surface area contributed by atoms with Crippen molar-refractivity contribution in [1.29, 1.82) is 0 Å². The second kappa shape index (κ2) is 10.1. The van der Waals surface area contributed by atoms with E-state index in [9.17, 15) is 28.1 Å². The van der Waals surface area contributed by atoms with E-state index in [1.807, 2.05) is 0 Å². The van der Waals surface area contributed by atoms with Gasteiger partial charge < -0.3 is 10.1 Å². The lowest BCUT2D eigenvalue weighted by Gasteiger charge is -2.11. The van der Waals surface area contributed by atoms with Gasteiger partial charge in [-0.1, -0.05) is 12.1 Å². The van der Waals surface area contributed by atoms with Gasteiger partial charge in [0, 0.05) is 30.8 Å². The zero-order valence-corrected chi connectivity index (χ0v) is 18.1.